The molecule has 1 N–H and O–H groups in total. The van der Waals surface area contributed by atoms with Crippen molar-refractivity contribution < 1.29 is 9.59 Å². The molecule has 5 heteroatoms. The van der Waals surface area contributed by atoms with Gasteiger partial charge in [-0.05, 0) is 62.9 Å². The first-order chi connectivity index (χ1) is 12.6. The van der Waals surface area contributed by atoms with Crippen molar-refractivity contribution in [2.45, 2.75) is 45.6 Å². The molecular weight excluding hydrogens is 326 g/mol. The third-order valence-corrected chi connectivity index (χ3v) is 4.97. The number of rotatable bonds is 5. The highest BCUT2D eigenvalue weighted by Crippen LogP contribution is 2.26. The van der Waals surface area contributed by atoms with Gasteiger partial charge in [-0.3, -0.25) is 14.6 Å². The zero-order valence-corrected chi connectivity index (χ0v) is 15.4. The van der Waals surface area contributed by atoms with Crippen LogP contribution in [0.5, 0.6) is 0 Å². The van der Waals surface area contributed by atoms with E-state index < -0.39 is 0 Å². The third kappa shape index (κ3) is 4.10. The van der Waals surface area contributed by atoms with Crippen molar-refractivity contribution in [1.82, 2.24) is 4.98 Å². The van der Waals surface area contributed by atoms with Crippen molar-refractivity contribution in [2.75, 3.05) is 16.8 Å². The molecule has 1 aromatic carbocycles. The normalized spacial score (nSPS) is 17.0. The van der Waals surface area contributed by atoms with Gasteiger partial charge in [0.15, 0.2) is 5.78 Å². The average Bonchev–Trinajstić information content (AvgIpc) is 2.68. The summed E-state index contributed by atoms with van der Waals surface area (Å²) in [5.74, 6) is -0.188. The molecule has 2 aromatic rings. The van der Waals surface area contributed by atoms with Crippen LogP contribution >= 0.6 is 0 Å². The fraction of sp³-hybridized carbons (Fsp3) is 0.381. The fourth-order valence-electron chi connectivity index (χ4n) is 3.47. The van der Waals surface area contributed by atoms with E-state index in [1.165, 1.54) is 26.2 Å². The quantitative estimate of drug-likeness (QED) is 0.816. The van der Waals surface area contributed by atoms with E-state index in [2.05, 4.69) is 22.1 Å². The molecule has 0 saturated carbocycles. The Kier molecular flexibility index (Phi) is 5.66. The van der Waals surface area contributed by atoms with Crippen molar-refractivity contribution in [3.63, 3.8) is 0 Å². The standard InChI is InChI=1S/C21H25N3O2/c1-3-19-6-4-5-11-24(19)20-12-17(13-22-14-20)21(26)23-18-9-7-16(8-10-18)15(2)25/h7-10,12-14,19H,3-6,11H2,1-2H3,(H,23,26). The van der Waals surface area contributed by atoms with Crippen LogP contribution in [0.3, 0.4) is 0 Å². The molecule has 1 aliphatic rings. The lowest BCUT2D eigenvalue weighted by atomic mass is 9.99. The van der Waals surface area contributed by atoms with Gasteiger partial charge in [-0.1, -0.05) is 6.92 Å². The number of ketones is 1. The molecule has 2 heterocycles. The number of aromatic nitrogens is 1. The molecule has 1 saturated heterocycles. The summed E-state index contributed by atoms with van der Waals surface area (Å²) in [7, 11) is 0. The van der Waals surface area contributed by atoms with Crippen LogP contribution < -0.4 is 10.2 Å². The molecule has 136 valence electrons. The molecule has 1 aromatic heterocycles. The van der Waals surface area contributed by atoms with Crippen LogP contribution in [-0.4, -0.2) is 29.3 Å². The van der Waals surface area contributed by atoms with Crippen LogP contribution in [0.1, 0.15) is 60.2 Å². The molecule has 1 atom stereocenters. The Balaban J connectivity index is 1.74. The van der Waals surface area contributed by atoms with Crippen molar-refractivity contribution in [3.05, 3.63) is 53.9 Å². The maximum Gasteiger partial charge on any atom is 0.257 e. The summed E-state index contributed by atoms with van der Waals surface area (Å²) in [5.41, 5.74) is 2.84. The number of carbonyl (C=O) groups is 2. The molecule has 0 aliphatic carbocycles. The second-order valence-electron chi connectivity index (χ2n) is 6.77. The minimum absolute atomic E-state index is 0.00628. The third-order valence-electron chi connectivity index (χ3n) is 4.97. The van der Waals surface area contributed by atoms with Gasteiger partial charge in [0.2, 0.25) is 0 Å². The minimum Gasteiger partial charge on any atom is -0.367 e. The maximum absolute atomic E-state index is 12.6. The van der Waals surface area contributed by atoms with Crippen molar-refractivity contribution in [2.24, 2.45) is 0 Å². The molecule has 0 spiro atoms. The number of nitrogens with zero attached hydrogens (tertiary/aromatic N) is 2. The second-order valence-corrected chi connectivity index (χ2v) is 6.77. The van der Waals surface area contributed by atoms with Crippen molar-refractivity contribution in [3.8, 4) is 0 Å². The van der Waals surface area contributed by atoms with E-state index in [-0.39, 0.29) is 11.7 Å². The van der Waals surface area contributed by atoms with E-state index >= 15 is 0 Å². The first-order valence-electron chi connectivity index (χ1n) is 9.22. The van der Waals surface area contributed by atoms with Gasteiger partial charge in [0.1, 0.15) is 0 Å². The SMILES string of the molecule is CCC1CCCCN1c1cncc(C(=O)Nc2ccc(C(C)=O)cc2)c1. The molecular formula is C21H25N3O2. The van der Waals surface area contributed by atoms with E-state index in [4.69, 9.17) is 0 Å². The van der Waals surface area contributed by atoms with E-state index in [1.54, 1.807) is 30.5 Å². The van der Waals surface area contributed by atoms with E-state index in [0.717, 1.165) is 18.7 Å². The summed E-state index contributed by atoms with van der Waals surface area (Å²) in [5, 5.41) is 2.87. The first-order valence-corrected chi connectivity index (χ1v) is 9.22. The van der Waals surface area contributed by atoms with Crippen LogP contribution in [0, 0.1) is 0 Å². The number of anilines is 2. The van der Waals surface area contributed by atoms with Crippen LogP contribution in [-0.2, 0) is 0 Å². The number of hydrogen-bond donors (Lipinski definition) is 1. The highest BCUT2D eigenvalue weighted by Gasteiger charge is 2.22. The summed E-state index contributed by atoms with van der Waals surface area (Å²) >= 11 is 0. The predicted octanol–water partition coefficient (Wildman–Crippen LogP) is 4.31. The number of carbonyl (C=O) groups excluding carboxylic acids is 2. The number of pyridine rings is 1. The topological polar surface area (TPSA) is 62.3 Å². The molecule has 3 rings (SSSR count). The van der Waals surface area contributed by atoms with Crippen LogP contribution in [0.25, 0.3) is 0 Å². The molecule has 26 heavy (non-hydrogen) atoms. The van der Waals surface area contributed by atoms with Gasteiger partial charge in [-0.15, -0.1) is 0 Å². The maximum atomic E-state index is 12.6. The highest BCUT2D eigenvalue weighted by atomic mass is 16.1. The Hall–Kier alpha value is -2.69. The Morgan fingerprint density at radius 2 is 1.92 bits per heavy atom. The lowest BCUT2D eigenvalue weighted by Gasteiger charge is -2.37. The van der Waals surface area contributed by atoms with Crippen LogP contribution in [0.4, 0.5) is 11.4 Å². The van der Waals surface area contributed by atoms with Crippen LogP contribution in [0.15, 0.2) is 42.7 Å². The zero-order valence-electron chi connectivity index (χ0n) is 15.4. The van der Waals surface area contributed by atoms with Gasteiger partial charge in [0.25, 0.3) is 5.91 Å². The molecule has 1 fully saturated rings. The Bertz CT molecular complexity index is 786. The molecule has 0 radical (unpaired) electrons. The smallest absolute Gasteiger partial charge is 0.257 e. The Morgan fingerprint density at radius 1 is 1.15 bits per heavy atom. The monoisotopic (exact) mass is 351 g/mol. The van der Waals surface area contributed by atoms with E-state index in [9.17, 15) is 9.59 Å². The largest absolute Gasteiger partial charge is 0.367 e. The van der Waals surface area contributed by atoms with Gasteiger partial charge in [0, 0.05) is 30.0 Å². The fourth-order valence-corrected chi connectivity index (χ4v) is 3.47. The Labute approximate surface area is 154 Å². The number of amides is 1. The molecule has 1 unspecified atom stereocenters. The lowest BCUT2D eigenvalue weighted by Crippen LogP contribution is -2.39. The molecule has 5 nitrogen and oxygen atoms in total. The van der Waals surface area contributed by atoms with Crippen molar-refractivity contribution >= 4 is 23.1 Å². The summed E-state index contributed by atoms with van der Waals surface area (Å²) in [4.78, 5) is 30.6. The number of Topliss-reactive ketones (excluding diaryl/α,β-unsaturated/α-hetero) is 1. The predicted molar refractivity (Wildman–Crippen MR) is 104 cm³/mol. The number of piperidine rings is 1. The van der Waals surface area contributed by atoms with Gasteiger partial charge >= 0.3 is 0 Å². The van der Waals surface area contributed by atoms with Crippen molar-refractivity contribution in [1.29, 1.82) is 0 Å². The van der Waals surface area contributed by atoms with Gasteiger partial charge < -0.3 is 10.2 Å². The average molecular weight is 351 g/mol. The lowest BCUT2D eigenvalue weighted by molar-refractivity contribution is 0.101. The van der Waals surface area contributed by atoms with Gasteiger partial charge in [-0.2, -0.15) is 0 Å². The summed E-state index contributed by atoms with van der Waals surface area (Å²) < 4.78 is 0. The van der Waals surface area contributed by atoms with Crippen LogP contribution in [0.2, 0.25) is 0 Å². The summed E-state index contributed by atoms with van der Waals surface area (Å²) in [6, 6.07) is 9.34. The van der Waals surface area contributed by atoms with E-state index in [0.29, 0.717) is 22.9 Å². The molecule has 1 aliphatic heterocycles. The number of hydrogen-bond acceptors (Lipinski definition) is 4. The molecule has 1 amide bonds. The first kappa shape index (κ1) is 18.1. The Morgan fingerprint density at radius 3 is 2.62 bits per heavy atom. The van der Waals surface area contributed by atoms with Gasteiger partial charge in [-0.25, -0.2) is 0 Å². The van der Waals surface area contributed by atoms with Gasteiger partial charge in [0.05, 0.1) is 17.4 Å². The molecule has 0 bridgehead atoms. The minimum atomic E-state index is -0.194. The number of benzene rings is 1. The zero-order chi connectivity index (χ0) is 18.5. The highest BCUT2D eigenvalue weighted by molar-refractivity contribution is 6.05. The number of nitrogens with one attached hydrogen (secondary N) is 1. The summed E-state index contributed by atoms with van der Waals surface area (Å²) in [6.07, 6.45) is 8.16. The second kappa shape index (κ2) is 8.13. The summed E-state index contributed by atoms with van der Waals surface area (Å²) in [6.45, 7) is 4.74. The van der Waals surface area contributed by atoms with E-state index in [1.807, 2.05) is 12.3 Å².